The average Bonchev–Trinajstić information content (AvgIpc) is 2.98. The summed E-state index contributed by atoms with van der Waals surface area (Å²) in [5.74, 6) is 0.910. The van der Waals surface area contributed by atoms with Crippen LogP contribution in [0.15, 0.2) is 53.4 Å². The van der Waals surface area contributed by atoms with E-state index in [9.17, 15) is 8.42 Å². The molecule has 0 aliphatic heterocycles. The number of anilines is 1. The molecule has 0 amide bonds. The van der Waals surface area contributed by atoms with Crippen LogP contribution in [0, 0.1) is 0 Å². The number of aromatic nitrogens is 2. The molecule has 138 valence electrons. The molecule has 26 heavy (non-hydrogen) atoms. The Balaban J connectivity index is 2.01. The van der Waals surface area contributed by atoms with E-state index in [2.05, 4.69) is 28.5 Å². The molecule has 1 aromatic heterocycles. The van der Waals surface area contributed by atoms with Gasteiger partial charge in [0.2, 0.25) is 10.0 Å². The van der Waals surface area contributed by atoms with E-state index >= 15 is 0 Å². The van der Waals surface area contributed by atoms with Gasteiger partial charge < -0.3 is 9.47 Å². The van der Waals surface area contributed by atoms with E-state index in [1.54, 1.807) is 12.1 Å². The molecular weight excluding hydrogens is 348 g/mol. The van der Waals surface area contributed by atoms with Gasteiger partial charge in [0.15, 0.2) is 0 Å². The standard InChI is InChI=1S/C19H24N4O2S/c1-5-23-18-12-11-16(26(24,25)21(2)3)13-17(18)20-19(23)14-22(4)15-9-7-6-8-10-15/h6-13H,5,14H2,1-4H3. The third kappa shape index (κ3) is 3.32. The van der Waals surface area contributed by atoms with E-state index < -0.39 is 10.0 Å². The summed E-state index contributed by atoms with van der Waals surface area (Å²) in [6, 6.07) is 15.3. The third-order valence-electron chi connectivity index (χ3n) is 4.47. The molecule has 0 atom stereocenters. The SMILES string of the molecule is CCn1c(CN(C)c2ccccc2)nc2cc(S(=O)(=O)N(C)C)ccc21. The molecule has 0 unspecified atom stereocenters. The van der Waals surface area contributed by atoms with Gasteiger partial charge in [-0.05, 0) is 37.3 Å². The quantitative estimate of drug-likeness (QED) is 0.668. The van der Waals surface area contributed by atoms with Crippen LogP contribution in [0.5, 0.6) is 0 Å². The summed E-state index contributed by atoms with van der Waals surface area (Å²) >= 11 is 0. The van der Waals surface area contributed by atoms with Crippen molar-refractivity contribution in [1.82, 2.24) is 13.9 Å². The Morgan fingerprint density at radius 2 is 1.73 bits per heavy atom. The van der Waals surface area contributed by atoms with Gasteiger partial charge in [0.25, 0.3) is 0 Å². The van der Waals surface area contributed by atoms with Gasteiger partial charge in [0.05, 0.1) is 22.5 Å². The highest BCUT2D eigenvalue weighted by molar-refractivity contribution is 7.89. The maximum Gasteiger partial charge on any atom is 0.242 e. The Kier molecular flexibility index (Phi) is 5.02. The molecule has 2 aromatic carbocycles. The summed E-state index contributed by atoms with van der Waals surface area (Å²) < 4.78 is 28.1. The zero-order valence-corrected chi connectivity index (χ0v) is 16.4. The van der Waals surface area contributed by atoms with E-state index in [4.69, 9.17) is 4.98 Å². The van der Waals surface area contributed by atoms with Gasteiger partial charge in [0, 0.05) is 33.4 Å². The molecule has 0 fully saturated rings. The lowest BCUT2D eigenvalue weighted by Crippen LogP contribution is -2.22. The van der Waals surface area contributed by atoms with Crippen molar-refractivity contribution in [3.63, 3.8) is 0 Å². The molecule has 0 radical (unpaired) electrons. The first-order valence-electron chi connectivity index (χ1n) is 8.52. The summed E-state index contributed by atoms with van der Waals surface area (Å²) in [5, 5.41) is 0. The molecule has 7 heteroatoms. The van der Waals surface area contributed by atoms with Crippen molar-refractivity contribution in [2.24, 2.45) is 0 Å². The van der Waals surface area contributed by atoms with Gasteiger partial charge in [-0.1, -0.05) is 18.2 Å². The van der Waals surface area contributed by atoms with Crippen molar-refractivity contribution < 1.29 is 8.42 Å². The lowest BCUT2D eigenvalue weighted by atomic mass is 10.3. The zero-order valence-electron chi connectivity index (χ0n) is 15.5. The predicted octanol–water partition coefficient (Wildman–Crippen LogP) is 2.94. The van der Waals surface area contributed by atoms with Gasteiger partial charge >= 0.3 is 0 Å². The second-order valence-corrected chi connectivity index (χ2v) is 8.55. The fourth-order valence-corrected chi connectivity index (χ4v) is 3.91. The Morgan fingerprint density at radius 1 is 1.04 bits per heavy atom. The number of rotatable bonds is 6. The molecule has 3 aromatic rings. The Labute approximate surface area is 154 Å². The predicted molar refractivity (Wildman–Crippen MR) is 105 cm³/mol. The van der Waals surface area contributed by atoms with E-state index in [1.165, 1.54) is 18.4 Å². The number of para-hydroxylation sites is 1. The monoisotopic (exact) mass is 372 g/mol. The molecule has 0 saturated heterocycles. The smallest absolute Gasteiger partial charge is 0.242 e. The van der Waals surface area contributed by atoms with Gasteiger partial charge in [-0.3, -0.25) is 0 Å². The van der Waals surface area contributed by atoms with E-state index in [0.29, 0.717) is 12.1 Å². The maximum atomic E-state index is 12.4. The van der Waals surface area contributed by atoms with Gasteiger partial charge in [-0.15, -0.1) is 0 Å². The summed E-state index contributed by atoms with van der Waals surface area (Å²) in [6.07, 6.45) is 0. The lowest BCUT2D eigenvalue weighted by Gasteiger charge is -2.19. The minimum absolute atomic E-state index is 0.263. The zero-order chi connectivity index (χ0) is 18.9. The summed E-state index contributed by atoms with van der Waals surface area (Å²) in [4.78, 5) is 7.11. The van der Waals surface area contributed by atoms with Crippen LogP contribution < -0.4 is 4.90 Å². The van der Waals surface area contributed by atoms with Gasteiger partial charge in [0.1, 0.15) is 5.82 Å². The maximum absolute atomic E-state index is 12.4. The van der Waals surface area contributed by atoms with Crippen molar-refractivity contribution in [1.29, 1.82) is 0 Å². The van der Waals surface area contributed by atoms with Crippen LogP contribution in [0.1, 0.15) is 12.7 Å². The third-order valence-corrected chi connectivity index (χ3v) is 6.28. The number of hydrogen-bond donors (Lipinski definition) is 0. The molecule has 0 N–H and O–H groups in total. The van der Waals surface area contributed by atoms with E-state index in [1.807, 2.05) is 31.3 Å². The number of aryl methyl sites for hydroxylation is 1. The fourth-order valence-electron chi connectivity index (χ4n) is 2.99. The van der Waals surface area contributed by atoms with Gasteiger partial charge in [-0.2, -0.15) is 0 Å². The van der Waals surface area contributed by atoms with Crippen molar-refractivity contribution in [2.75, 3.05) is 26.0 Å². The normalized spacial score (nSPS) is 12.0. The molecular formula is C19H24N4O2S. The highest BCUT2D eigenvalue weighted by Crippen LogP contribution is 2.23. The number of sulfonamides is 1. The molecule has 6 nitrogen and oxygen atoms in total. The molecule has 0 aliphatic rings. The molecule has 1 heterocycles. The topological polar surface area (TPSA) is 58.4 Å². The molecule has 0 saturated carbocycles. The Bertz CT molecular complexity index is 1010. The molecule has 0 bridgehead atoms. The highest BCUT2D eigenvalue weighted by atomic mass is 32.2. The van der Waals surface area contributed by atoms with Crippen molar-refractivity contribution in [3.8, 4) is 0 Å². The van der Waals surface area contributed by atoms with Crippen LogP contribution in [0.2, 0.25) is 0 Å². The average molecular weight is 372 g/mol. The Morgan fingerprint density at radius 3 is 2.35 bits per heavy atom. The second kappa shape index (κ2) is 7.09. The minimum Gasteiger partial charge on any atom is -0.367 e. The number of hydrogen-bond acceptors (Lipinski definition) is 4. The van der Waals surface area contributed by atoms with Crippen LogP contribution >= 0.6 is 0 Å². The summed E-state index contributed by atoms with van der Waals surface area (Å²) in [7, 11) is 1.62. The number of benzene rings is 2. The van der Waals surface area contributed by atoms with Crippen molar-refractivity contribution in [2.45, 2.75) is 24.9 Å². The molecule has 3 rings (SSSR count). The van der Waals surface area contributed by atoms with Crippen LogP contribution in [0.4, 0.5) is 5.69 Å². The first-order chi connectivity index (χ1) is 12.3. The summed E-state index contributed by atoms with van der Waals surface area (Å²) in [5.41, 5.74) is 2.76. The highest BCUT2D eigenvalue weighted by Gasteiger charge is 2.19. The first-order valence-corrected chi connectivity index (χ1v) is 9.96. The minimum atomic E-state index is -3.47. The largest absolute Gasteiger partial charge is 0.367 e. The Hall–Kier alpha value is -2.38. The first kappa shape index (κ1) is 18.4. The number of nitrogens with zero attached hydrogens (tertiary/aromatic N) is 4. The lowest BCUT2D eigenvalue weighted by molar-refractivity contribution is 0.521. The van der Waals surface area contributed by atoms with Gasteiger partial charge in [-0.25, -0.2) is 17.7 Å². The summed E-state index contributed by atoms with van der Waals surface area (Å²) in [6.45, 7) is 3.48. The molecule has 0 aliphatic carbocycles. The van der Waals surface area contributed by atoms with E-state index in [-0.39, 0.29) is 4.90 Å². The van der Waals surface area contributed by atoms with Crippen LogP contribution in [-0.2, 0) is 23.1 Å². The molecule has 0 spiro atoms. The van der Waals surface area contributed by atoms with Crippen molar-refractivity contribution >= 4 is 26.7 Å². The van der Waals surface area contributed by atoms with Crippen LogP contribution in [0.3, 0.4) is 0 Å². The van der Waals surface area contributed by atoms with Crippen LogP contribution in [0.25, 0.3) is 11.0 Å². The number of fused-ring (bicyclic) bond motifs is 1. The number of imidazole rings is 1. The second-order valence-electron chi connectivity index (χ2n) is 6.40. The fraction of sp³-hybridized carbons (Fsp3) is 0.316. The van der Waals surface area contributed by atoms with Crippen LogP contribution in [-0.4, -0.2) is 43.4 Å². The van der Waals surface area contributed by atoms with E-state index in [0.717, 1.165) is 23.6 Å². The van der Waals surface area contributed by atoms with Crippen molar-refractivity contribution in [3.05, 3.63) is 54.4 Å².